The minimum atomic E-state index is 0.646. The summed E-state index contributed by atoms with van der Waals surface area (Å²) >= 11 is 4.82. The first kappa shape index (κ1) is 10.6. The molecule has 3 rings (SSSR count). The molecule has 0 saturated heterocycles. The summed E-state index contributed by atoms with van der Waals surface area (Å²) in [6.07, 6.45) is 6.28. The third kappa shape index (κ3) is 2.01. The van der Waals surface area contributed by atoms with Crippen molar-refractivity contribution in [3.05, 3.63) is 29.7 Å². The minimum Gasteiger partial charge on any atom is -0.341 e. The third-order valence-electron chi connectivity index (χ3n) is 2.02. The maximum atomic E-state index is 4.21. The molecule has 6 nitrogen and oxygen atoms in total. The van der Waals surface area contributed by atoms with Gasteiger partial charge in [-0.15, -0.1) is 0 Å². The Hall–Kier alpha value is -1.54. The Labute approximate surface area is 108 Å². The second-order valence-electron chi connectivity index (χ2n) is 3.06. The molecule has 8 heteroatoms. The Morgan fingerprint density at radius 1 is 1.06 bits per heavy atom. The van der Waals surface area contributed by atoms with Crippen molar-refractivity contribution < 1.29 is 0 Å². The quantitative estimate of drug-likeness (QED) is 0.730. The van der Waals surface area contributed by atoms with E-state index in [-0.39, 0.29) is 0 Å². The predicted molar refractivity (Wildman–Crippen MR) is 65.5 cm³/mol. The minimum absolute atomic E-state index is 0.646. The highest BCUT2D eigenvalue weighted by atomic mass is 79.9. The van der Waals surface area contributed by atoms with Crippen molar-refractivity contribution >= 4 is 38.9 Å². The van der Waals surface area contributed by atoms with Gasteiger partial charge in [-0.05, 0) is 27.7 Å². The molecule has 17 heavy (non-hydrogen) atoms. The van der Waals surface area contributed by atoms with Gasteiger partial charge in [0.25, 0.3) is 0 Å². The zero-order chi connectivity index (χ0) is 11.7. The molecule has 0 aromatic carbocycles. The standard InChI is InChI=1S/C9H5BrN6S/c10-5-1-11-2-15-8(5)17-9-6-7(13-3-12-6)14-4-16-9/h1-4H,(H,12,13,14,16). The maximum absolute atomic E-state index is 4.21. The highest BCUT2D eigenvalue weighted by Crippen LogP contribution is 2.32. The molecule has 3 aromatic rings. The van der Waals surface area contributed by atoms with Crippen molar-refractivity contribution in [3.63, 3.8) is 0 Å². The van der Waals surface area contributed by atoms with Gasteiger partial charge in [-0.2, -0.15) is 0 Å². The molecule has 0 saturated carbocycles. The van der Waals surface area contributed by atoms with E-state index in [0.29, 0.717) is 5.65 Å². The molecule has 0 amide bonds. The van der Waals surface area contributed by atoms with E-state index in [1.165, 1.54) is 24.4 Å². The molecule has 84 valence electrons. The molecule has 0 aliphatic carbocycles. The first-order valence-electron chi connectivity index (χ1n) is 4.62. The highest BCUT2D eigenvalue weighted by Gasteiger charge is 2.10. The van der Waals surface area contributed by atoms with E-state index in [9.17, 15) is 0 Å². The summed E-state index contributed by atoms with van der Waals surface area (Å²) < 4.78 is 0.830. The molecule has 0 unspecified atom stereocenters. The SMILES string of the molecule is Brc1cncnc1Sc1ncnc2nc[nH]c12. The Bertz CT molecular complexity index is 669. The molecule has 3 aromatic heterocycles. The van der Waals surface area contributed by atoms with Gasteiger partial charge in [-0.3, -0.25) is 0 Å². The zero-order valence-electron chi connectivity index (χ0n) is 8.33. The van der Waals surface area contributed by atoms with E-state index in [1.54, 1.807) is 12.5 Å². The molecular weight excluding hydrogens is 304 g/mol. The summed E-state index contributed by atoms with van der Waals surface area (Å²) in [5.41, 5.74) is 1.45. The molecule has 0 aliphatic heterocycles. The summed E-state index contributed by atoms with van der Waals surface area (Å²) in [6.45, 7) is 0. The number of aromatic nitrogens is 6. The highest BCUT2D eigenvalue weighted by molar-refractivity contribution is 9.10. The van der Waals surface area contributed by atoms with Crippen LogP contribution in [0.25, 0.3) is 11.2 Å². The van der Waals surface area contributed by atoms with E-state index in [4.69, 9.17) is 0 Å². The maximum Gasteiger partial charge on any atom is 0.181 e. The van der Waals surface area contributed by atoms with Gasteiger partial charge in [0.15, 0.2) is 5.65 Å². The fourth-order valence-electron chi connectivity index (χ4n) is 1.29. The van der Waals surface area contributed by atoms with Crippen LogP contribution >= 0.6 is 27.7 Å². The van der Waals surface area contributed by atoms with Crippen molar-refractivity contribution in [1.82, 2.24) is 29.9 Å². The van der Waals surface area contributed by atoms with Crippen molar-refractivity contribution in [2.75, 3.05) is 0 Å². The second kappa shape index (κ2) is 4.38. The molecule has 0 atom stereocenters. The molecule has 3 heterocycles. The molecule has 0 fully saturated rings. The number of nitrogens with zero attached hydrogens (tertiary/aromatic N) is 5. The molecule has 0 spiro atoms. The topological polar surface area (TPSA) is 80.2 Å². The number of imidazole rings is 1. The second-order valence-corrected chi connectivity index (χ2v) is 4.89. The molecule has 0 bridgehead atoms. The monoisotopic (exact) mass is 308 g/mol. The smallest absolute Gasteiger partial charge is 0.181 e. The third-order valence-corrected chi connectivity index (χ3v) is 3.88. The van der Waals surface area contributed by atoms with Gasteiger partial charge < -0.3 is 4.98 Å². The number of hydrogen-bond donors (Lipinski definition) is 1. The Morgan fingerprint density at radius 3 is 2.82 bits per heavy atom. The Kier molecular flexibility index (Phi) is 2.73. The van der Waals surface area contributed by atoms with Crippen molar-refractivity contribution in [2.24, 2.45) is 0 Å². The van der Waals surface area contributed by atoms with Gasteiger partial charge >= 0.3 is 0 Å². The summed E-state index contributed by atoms with van der Waals surface area (Å²) in [5.74, 6) is 0. The number of hydrogen-bond acceptors (Lipinski definition) is 6. The first-order chi connectivity index (χ1) is 8.34. The molecule has 0 radical (unpaired) electrons. The van der Waals surface area contributed by atoms with Crippen LogP contribution in [0.15, 0.2) is 39.7 Å². The van der Waals surface area contributed by atoms with Crippen LogP contribution in [0.5, 0.6) is 0 Å². The van der Waals surface area contributed by atoms with E-state index in [2.05, 4.69) is 45.8 Å². The van der Waals surface area contributed by atoms with Crippen LogP contribution in [0.1, 0.15) is 0 Å². The number of nitrogens with one attached hydrogen (secondary N) is 1. The number of H-pyrrole nitrogens is 1. The number of aromatic amines is 1. The fourth-order valence-corrected chi connectivity index (χ4v) is 2.54. The van der Waals surface area contributed by atoms with Gasteiger partial charge in [-0.25, -0.2) is 24.9 Å². The lowest BCUT2D eigenvalue weighted by molar-refractivity contribution is 1.01. The van der Waals surface area contributed by atoms with E-state index in [0.717, 1.165) is 20.0 Å². The van der Waals surface area contributed by atoms with Gasteiger partial charge in [0, 0.05) is 6.20 Å². The van der Waals surface area contributed by atoms with Gasteiger partial charge in [0.05, 0.1) is 10.8 Å². The summed E-state index contributed by atoms with van der Waals surface area (Å²) in [7, 11) is 0. The normalized spacial score (nSPS) is 10.9. The van der Waals surface area contributed by atoms with Crippen LogP contribution in [0.2, 0.25) is 0 Å². The number of fused-ring (bicyclic) bond motifs is 1. The van der Waals surface area contributed by atoms with Crippen molar-refractivity contribution in [2.45, 2.75) is 10.1 Å². The lowest BCUT2D eigenvalue weighted by atomic mass is 10.6. The average Bonchev–Trinajstić information content (AvgIpc) is 2.81. The summed E-state index contributed by atoms with van der Waals surface area (Å²) in [6, 6.07) is 0. The van der Waals surface area contributed by atoms with Gasteiger partial charge in [-0.1, -0.05) is 0 Å². The van der Waals surface area contributed by atoms with Crippen molar-refractivity contribution in [1.29, 1.82) is 0 Å². The van der Waals surface area contributed by atoms with Gasteiger partial charge in [0.1, 0.15) is 28.2 Å². The first-order valence-corrected chi connectivity index (χ1v) is 6.23. The van der Waals surface area contributed by atoms with Crippen LogP contribution in [0.3, 0.4) is 0 Å². The van der Waals surface area contributed by atoms with Crippen LogP contribution < -0.4 is 0 Å². The Morgan fingerprint density at radius 2 is 1.94 bits per heavy atom. The van der Waals surface area contributed by atoms with Crippen molar-refractivity contribution in [3.8, 4) is 0 Å². The fraction of sp³-hybridized carbons (Fsp3) is 0. The molecule has 1 N–H and O–H groups in total. The van der Waals surface area contributed by atoms with Crippen LogP contribution in [0, 0.1) is 0 Å². The number of rotatable bonds is 2. The largest absolute Gasteiger partial charge is 0.341 e. The average molecular weight is 309 g/mol. The van der Waals surface area contributed by atoms with E-state index in [1.807, 2.05) is 0 Å². The summed E-state index contributed by atoms with van der Waals surface area (Å²) in [4.78, 5) is 23.5. The lowest BCUT2D eigenvalue weighted by Gasteiger charge is -2.01. The summed E-state index contributed by atoms with van der Waals surface area (Å²) in [5, 5.41) is 1.58. The molecule has 0 aliphatic rings. The molecular formula is C9H5BrN6S. The van der Waals surface area contributed by atoms with E-state index >= 15 is 0 Å². The van der Waals surface area contributed by atoms with Gasteiger partial charge in [0.2, 0.25) is 0 Å². The van der Waals surface area contributed by atoms with Crippen LogP contribution in [-0.4, -0.2) is 29.9 Å². The number of halogens is 1. The van der Waals surface area contributed by atoms with E-state index < -0.39 is 0 Å². The zero-order valence-corrected chi connectivity index (χ0v) is 10.7. The van der Waals surface area contributed by atoms with Crippen LogP contribution in [0.4, 0.5) is 0 Å². The Balaban J connectivity index is 2.06. The lowest BCUT2D eigenvalue weighted by Crippen LogP contribution is -1.88. The van der Waals surface area contributed by atoms with Crippen LogP contribution in [-0.2, 0) is 0 Å². The predicted octanol–water partition coefficient (Wildman–Crippen LogP) is 2.06.